The first-order chi connectivity index (χ1) is 21.4. The first-order valence-electron chi connectivity index (χ1n) is 14.0. The molecule has 12 heteroatoms. The largest absolute Gasteiger partial charge is 0.355 e. The average molecular weight is 708 g/mol. The van der Waals surface area contributed by atoms with Crippen molar-refractivity contribution < 1.29 is 18.0 Å². The van der Waals surface area contributed by atoms with Crippen LogP contribution in [0.4, 0.5) is 5.69 Å². The maximum absolute atomic E-state index is 14.5. The summed E-state index contributed by atoms with van der Waals surface area (Å²) in [6.07, 6.45) is 0.147. The Kier molecular flexibility index (Phi) is 11.8. The maximum atomic E-state index is 14.5. The molecule has 0 fully saturated rings. The molecule has 0 unspecified atom stereocenters. The first kappa shape index (κ1) is 34.6. The van der Waals surface area contributed by atoms with Crippen LogP contribution in [0, 0.1) is 6.92 Å². The van der Waals surface area contributed by atoms with Crippen molar-refractivity contribution in [2.45, 2.75) is 37.8 Å². The van der Waals surface area contributed by atoms with Crippen LogP contribution >= 0.6 is 46.4 Å². The van der Waals surface area contributed by atoms with Crippen LogP contribution in [0.2, 0.25) is 20.1 Å². The van der Waals surface area contributed by atoms with Gasteiger partial charge in [-0.2, -0.15) is 0 Å². The van der Waals surface area contributed by atoms with Crippen molar-refractivity contribution in [1.82, 2.24) is 10.2 Å². The van der Waals surface area contributed by atoms with Gasteiger partial charge in [-0.15, -0.1) is 0 Å². The second-order valence-corrected chi connectivity index (χ2v) is 13.8. The Bertz CT molecular complexity index is 1730. The lowest BCUT2D eigenvalue weighted by Crippen LogP contribution is -2.53. The van der Waals surface area contributed by atoms with Crippen LogP contribution in [0.5, 0.6) is 0 Å². The minimum Gasteiger partial charge on any atom is -0.355 e. The van der Waals surface area contributed by atoms with E-state index in [0.717, 1.165) is 15.4 Å². The number of rotatable bonds is 12. The molecule has 4 aromatic rings. The van der Waals surface area contributed by atoms with Crippen LogP contribution in [-0.2, 0) is 32.6 Å². The topological polar surface area (TPSA) is 86.8 Å². The molecule has 4 rings (SSSR count). The highest BCUT2D eigenvalue weighted by Crippen LogP contribution is 2.31. The number of carbonyl (C=O) groups excluding carboxylic acids is 2. The van der Waals surface area contributed by atoms with Gasteiger partial charge in [0.1, 0.15) is 12.6 Å². The van der Waals surface area contributed by atoms with Gasteiger partial charge in [0.25, 0.3) is 10.0 Å². The molecule has 0 aromatic heterocycles. The number of aryl methyl sites for hydroxylation is 1. The number of benzene rings is 4. The van der Waals surface area contributed by atoms with E-state index in [2.05, 4.69) is 5.32 Å². The first-order valence-corrected chi connectivity index (χ1v) is 17.0. The second kappa shape index (κ2) is 15.3. The molecule has 0 saturated heterocycles. The third-order valence-electron chi connectivity index (χ3n) is 7.04. The molecule has 0 heterocycles. The third kappa shape index (κ3) is 8.71. The summed E-state index contributed by atoms with van der Waals surface area (Å²) in [6.45, 7) is 3.07. The lowest BCUT2D eigenvalue weighted by Gasteiger charge is -2.34. The molecule has 0 aliphatic carbocycles. The third-order valence-corrected chi connectivity index (χ3v) is 9.97. The molecular formula is C33H31Cl4N3O4S. The number of amides is 2. The van der Waals surface area contributed by atoms with E-state index in [0.29, 0.717) is 22.2 Å². The van der Waals surface area contributed by atoms with Crippen molar-refractivity contribution >= 4 is 73.9 Å². The van der Waals surface area contributed by atoms with Crippen molar-refractivity contribution in [2.75, 3.05) is 17.4 Å². The van der Waals surface area contributed by atoms with Crippen LogP contribution in [-0.4, -0.2) is 44.3 Å². The number of halogens is 4. The number of likely N-dealkylation sites (N-methyl/N-ethyl adjacent to an activating group) is 1. The Labute approximate surface area is 283 Å². The van der Waals surface area contributed by atoms with E-state index in [9.17, 15) is 18.0 Å². The molecule has 4 aromatic carbocycles. The summed E-state index contributed by atoms with van der Waals surface area (Å²) in [5, 5.41) is 3.75. The molecule has 2 amide bonds. The van der Waals surface area contributed by atoms with Gasteiger partial charge < -0.3 is 10.2 Å². The molecule has 0 spiro atoms. The number of hydrogen-bond acceptors (Lipinski definition) is 4. The van der Waals surface area contributed by atoms with E-state index in [1.165, 1.54) is 35.2 Å². The number of carbonyl (C=O) groups is 2. The van der Waals surface area contributed by atoms with E-state index < -0.39 is 34.4 Å². The zero-order valence-electron chi connectivity index (χ0n) is 24.5. The molecule has 0 saturated carbocycles. The molecule has 1 N–H and O–H groups in total. The van der Waals surface area contributed by atoms with E-state index in [4.69, 9.17) is 46.4 Å². The SMILES string of the molecule is CCNC(=O)[C@H](Cc1ccccc1)N(Cc1c(Cl)cccc1Cl)C(=O)CN(c1cc(Cl)cc(Cl)c1)S(=O)(=O)c1ccc(C)cc1. The molecule has 0 radical (unpaired) electrons. The fraction of sp³-hybridized carbons (Fsp3) is 0.212. The van der Waals surface area contributed by atoms with Gasteiger partial charge in [0, 0.05) is 45.2 Å². The molecule has 0 aliphatic rings. The standard InChI is InChI=1S/C33H31Cl4N3O4S/c1-3-38-33(42)31(16-23-8-5-4-6-9-23)39(20-28-29(36)10-7-11-30(28)37)32(41)21-40(26-18-24(34)17-25(35)19-26)45(43,44)27-14-12-22(2)13-15-27/h4-15,17-19,31H,3,16,20-21H2,1-2H3,(H,38,42)/t31-/m0/s1. The maximum Gasteiger partial charge on any atom is 0.264 e. The summed E-state index contributed by atoms with van der Waals surface area (Å²) >= 11 is 25.6. The zero-order chi connectivity index (χ0) is 32.7. The highest BCUT2D eigenvalue weighted by atomic mass is 35.5. The minimum atomic E-state index is -4.32. The Hall–Kier alpha value is -3.27. The normalized spacial score (nSPS) is 12.0. The van der Waals surface area contributed by atoms with Crippen LogP contribution in [0.3, 0.4) is 0 Å². The molecule has 0 aliphatic heterocycles. The number of nitrogens with one attached hydrogen (secondary N) is 1. The predicted molar refractivity (Wildman–Crippen MR) is 182 cm³/mol. The van der Waals surface area contributed by atoms with Gasteiger partial charge in [-0.25, -0.2) is 8.42 Å². The van der Waals surface area contributed by atoms with Crippen molar-refractivity contribution in [3.8, 4) is 0 Å². The number of nitrogens with zero attached hydrogens (tertiary/aromatic N) is 2. The van der Waals surface area contributed by atoms with Gasteiger partial charge in [0.15, 0.2) is 0 Å². The summed E-state index contributed by atoms with van der Waals surface area (Å²) in [7, 11) is -4.32. The average Bonchev–Trinajstić information content (AvgIpc) is 2.99. The van der Waals surface area contributed by atoms with Crippen molar-refractivity contribution in [1.29, 1.82) is 0 Å². The number of anilines is 1. The summed E-state index contributed by atoms with van der Waals surface area (Å²) in [5.74, 6) is -1.10. The highest BCUT2D eigenvalue weighted by molar-refractivity contribution is 7.92. The highest BCUT2D eigenvalue weighted by Gasteiger charge is 2.35. The monoisotopic (exact) mass is 705 g/mol. The lowest BCUT2D eigenvalue weighted by atomic mass is 10.0. The fourth-order valence-corrected chi connectivity index (χ4v) is 7.18. The fourth-order valence-electron chi connectivity index (χ4n) is 4.75. The number of hydrogen-bond donors (Lipinski definition) is 1. The molecular weight excluding hydrogens is 676 g/mol. The molecule has 45 heavy (non-hydrogen) atoms. The summed E-state index contributed by atoms with van der Waals surface area (Å²) in [4.78, 5) is 29.4. The Morgan fingerprint density at radius 2 is 1.42 bits per heavy atom. The van der Waals surface area contributed by atoms with Gasteiger partial charge in [0.2, 0.25) is 11.8 Å². The van der Waals surface area contributed by atoms with Crippen LogP contribution < -0.4 is 9.62 Å². The van der Waals surface area contributed by atoms with Crippen molar-refractivity contribution in [2.24, 2.45) is 0 Å². The van der Waals surface area contributed by atoms with E-state index in [-0.39, 0.29) is 33.6 Å². The summed E-state index contributed by atoms with van der Waals surface area (Å²) < 4.78 is 29.2. The smallest absolute Gasteiger partial charge is 0.264 e. The Morgan fingerprint density at radius 1 is 0.822 bits per heavy atom. The molecule has 7 nitrogen and oxygen atoms in total. The second-order valence-electron chi connectivity index (χ2n) is 10.3. The van der Waals surface area contributed by atoms with Gasteiger partial charge in [-0.3, -0.25) is 13.9 Å². The zero-order valence-corrected chi connectivity index (χ0v) is 28.4. The van der Waals surface area contributed by atoms with E-state index in [1.54, 1.807) is 37.3 Å². The van der Waals surface area contributed by atoms with Gasteiger partial charge in [-0.1, -0.05) is 100 Å². The van der Waals surface area contributed by atoms with E-state index in [1.807, 2.05) is 37.3 Å². The Balaban J connectivity index is 1.85. The van der Waals surface area contributed by atoms with Crippen molar-refractivity contribution in [3.05, 3.63) is 128 Å². The quantitative estimate of drug-likeness (QED) is 0.165. The van der Waals surface area contributed by atoms with Gasteiger partial charge in [0.05, 0.1) is 10.6 Å². The van der Waals surface area contributed by atoms with Crippen LogP contribution in [0.25, 0.3) is 0 Å². The Morgan fingerprint density at radius 3 is 2.00 bits per heavy atom. The predicted octanol–water partition coefficient (Wildman–Crippen LogP) is 7.58. The summed E-state index contributed by atoms with van der Waals surface area (Å²) in [6, 6.07) is 23.6. The minimum absolute atomic E-state index is 0.0396. The summed E-state index contributed by atoms with van der Waals surface area (Å²) in [5.41, 5.74) is 2.14. The van der Waals surface area contributed by atoms with Gasteiger partial charge in [-0.05, 0) is 61.9 Å². The number of sulfonamides is 1. The van der Waals surface area contributed by atoms with Crippen LogP contribution in [0.1, 0.15) is 23.6 Å². The molecule has 1 atom stereocenters. The van der Waals surface area contributed by atoms with Gasteiger partial charge >= 0.3 is 0 Å². The molecule has 0 bridgehead atoms. The molecule has 236 valence electrons. The van der Waals surface area contributed by atoms with Crippen LogP contribution in [0.15, 0.2) is 95.9 Å². The van der Waals surface area contributed by atoms with Crippen molar-refractivity contribution in [3.63, 3.8) is 0 Å². The van der Waals surface area contributed by atoms with E-state index >= 15 is 0 Å². The lowest BCUT2D eigenvalue weighted by molar-refractivity contribution is -0.140.